The summed E-state index contributed by atoms with van der Waals surface area (Å²) in [6.45, 7) is 10.2. The van der Waals surface area contributed by atoms with Gasteiger partial charge in [0.15, 0.2) is 0 Å². The minimum atomic E-state index is -0.498. The van der Waals surface area contributed by atoms with Crippen molar-refractivity contribution in [2.45, 2.75) is 53.5 Å². The highest BCUT2D eigenvalue weighted by Crippen LogP contribution is 2.15. The zero-order valence-corrected chi connectivity index (χ0v) is 16.0. The Balaban J connectivity index is 0. The van der Waals surface area contributed by atoms with E-state index >= 15 is 0 Å². The molecule has 0 spiro atoms. The smallest absolute Gasteiger partial charge is 0.328 e. The summed E-state index contributed by atoms with van der Waals surface area (Å²) in [5.41, 5.74) is 2.62. The van der Waals surface area contributed by atoms with Crippen molar-refractivity contribution in [2.75, 3.05) is 7.11 Å². The van der Waals surface area contributed by atoms with Crippen molar-refractivity contribution >= 4 is 28.3 Å². The molecule has 1 aromatic carbocycles. The number of hydrogen-bond donors (Lipinski definition) is 1. The highest BCUT2D eigenvalue weighted by molar-refractivity contribution is 9.10. The molecule has 0 aliphatic carbocycles. The molecule has 1 rings (SSSR count). The third-order valence-corrected chi connectivity index (χ3v) is 3.37. The first-order valence-corrected chi connectivity index (χ1v) is 8.17. The van der Waals surface area contributed by atoms with Crippen LogP contribution in [-0.2, 0) is 14.3 Å². The van der Waals surface area contributed by atoms with Crippen molar-refractivity contribution in [1.29, 1.82) is 0 Å². The Labute approximate surface area is 142 Å². The Morgan fingerprint density at radius 2 is 1.86 bits per heavy atom. The lowest BCUT2D eigenvalue weighted by Crippen LogP contribution is -2.35. The Hall–Kier alpha value is -1.36. The van der Waals surface area contributed by atoms with E-state index in [0.29, 0.717) is 12.8 Å². The third-order valence-electron chi connectivity index (χ3n) is 2.48. The van der Waals surface area contributed by atoms with Crippen LogP contribution in [0.3, 0.4) is 0 Å². The fourth-order valence-corrected chi connectivity index (χ4v) is 1.62. The number of aryl methyl sites for hydroxylation is 2. The zero-order chi connectivity index (χ0) is 17.5. The first kappa shape index (κ1) is 22.9. The van der Waals surface area contributed by atoms with Crippen molar-refractivity contribution < 1.29 is 14.3 Å². The molecule has 0 aliphatic heterocycles. The number of carbonyl (C=O) groups is 2. The Bertz CT molecular complexity index is 436. The molecule has 126 valence electrons. The summed E-state index contributed by atoms with van der Waals surface area (Å²) in [5.74, 6) is -0.408. The number of halogens is 1. The van der Waals surface area contributed by atoms with Gasteiger partial charge in [-0.2, -0.15) is 0 Å². The second kappa shape index (κ2) is 14.6. The van der Waals surface area contributed by atoms with Gasteiger partial charge in [0.2, 0.25) is 6.41 Å². The number of methoxy groups -OCH3 is 1. The standard InChI is InChI=1S/C8H9Br.C6H11NO3.C3H8/c1-6-3-4-8(9)7(2)5-6;1-3-5(7-4-8)6(9)10-2;1-3-2/h3-5H,1-2H3;4-5H,3H2,1-2H3,(H,7,8);3H2,1-2H3/t;5-;/m.0./s1. The van der Waals surface area contributed by atoms with E-state index in [0.717, 1.165) is 0 Å². The molecule has 1 amide bonds. The molecule has 0 heterocycles. The number of hydrogen-bond acceptors (Lipinski definition) is 3. The van der Waals surface area contributed by atoms with Crippen molar-refractivity contribution in [3.63, 3.8) is 0 Å². The van der Waals surface area contributed by atoms with E-state index in [1.807, 2.05) is 0 Å². The molecule has 0 saturated carbocycles. The van der Waals surface area contributed by atoms with Crippen LogP contribution in [0.25, 0.3) is 0 Å². The number of ether oxygens (including phenoxy) is 1. The Morgan fingerprint density at radius 1 is 1.32 bits per heavy atom. The van der Waals surface area contributed by atoms with Crippen molar-refractivity contribution in [1.82, 2.24) is 5.32 Å². The van der Waals surface area contributed by atoms with Crippen molar-refractivity contribution in [3.8, 4) is 0 Å². The van der Waals surface area contributed by atoms with E-state index in [4.69, 9.17) is 0 Å². The second-order valence-corrected chi connectivity index (χ2v) is 5.58. The zero-order valence-electron chi connectivity index (χ0n) is 14.4. The summed E-state index contributed by atoms with van der Waals surface area (Å²) in [5, 5.41) is 2.33. The van der Waals surface area contributed by atoms with Crippen LogP contribution in [0.2, 0.25) is 0 Å². The summed E-state index contributed by atoms with van der Waals surface area (Å²) >= 11 is 3.43. The van der Waals surface area contributed by atoms with Crippen LogP contribution < -0.4 is 5.32 Å². The molecular weight excluding hydrogens is 346 g/mol. The predicted octanol–water partition coefficient (Wildman–Crippen LogP) is 4.17. The average Bonchev–Trinajstić information content (AvgIpc) is 2.49. The number of carbonyl (C=O) groups excluding carboxylic acids is 2. The van der Waals surface area contributed by atoms with Gasteiger partial charge in [0, 0.05) is 4.47 Å². The van der Waals surface area contributed by atoms with Crippen LogP contribution in [0, 0.1) is 13.8 Å². The minimum absolute atomic E-state index is 0.408. The van der Waals surface area contributed by atoms with Gasteiger partial charge in [-0.25, -0.2) is 4.79 Å². The van der Waals surface area contributed by atoms with Crippen molar-refractivity contribution in [3.05, 3.63) is 33.8 Å². The van der Waals surface area contributed by atoms with Gasteiger partial charge in [-0.1, -0.05) is 60.8 Å². The molecular formula is C17H28BrNO3. The average molecular weight is 374 g/mol. The fraction of sp³-hybridized carbons (Fsp3) is 0.529. The Morgan fingerprint density at radius 3 is 2.18 bits per heavy atom. The van der Waals surface area contributed by atoms with Crippen LogP contribution in [0.1, 0.15) is 44.7 Å². The van der Waals surface area contributed by atoms with Crippen LogP contribution in [0.15, 0.2) is 22.7 Å². The summed E-state index contributed by atoms with van der Waals surface area (Å²) in [6.07, 6.45) is 2.29. The summed E-state index contributed by atoms with van der Waals surface area (Å²) in [4.78, 5) is 20.6. The molecule has 0 fully saturated rings. The van der Waals surface area contributed by atoms with Gasteiger partial charge in [0.25, 0.3) is 0 Å². The molecule has 0 aliphatic rings. The lowest BCUT2D eigenvalue weighted by atomic mass is 10.2. The van der Waals surface area contributed by atoms with Gasteiger partial charge >= 0.3 is 5.97 Å². The molecule has 5 heteroatoms. The normalized spacial score (nSPS) is 10.1. The molecule has 0 aromatic heterocycles. The lowest BCUT2D eigenvalue weighted by Gasteiger charge is -2.09. The molecule has 0 bridgehead atoms. The first-order chi connectivity index (χ1) is 10.4. The molecule has 4 nitrogen and oxygen atoms in total. The molecule has 0 unspecified atom stereocenters. The van der Waals surface area contributed by atoms with E-state index < -0.39 is 12.0 Å². The molecule has 0 saturated heterocycles. The number of benzene rings is 1. The summed E-state index contributed by atoms with van der Waals surface area (Å²) in [7, 11) is 1.29. The van der Waals surface area contributed by atoms with Crippen LogP contribution >= 0.6 is 15.9 Å². The summed E-state index contributed by atoms with van der Waals surface area (Å²) < 4.78 is 5.58. The number of rotatable bonds is 4. The number of amides is 1. The van der Waals surface area contributed by atoms with E-state index in [2.05, 4.69) is 71.9 Å². The van der Waals surface area contributed by atoms with Gasteiger partial charge in [0.1, 0.15) is 6.04 Å². The Kier molecular flexibility index (Phi) is 15.2. The quantitative estimate of drug-likeness (QED) is 0.636. The van der Waals surface area contributed by atoms with Gasteiger partial charge in [-0.15, -0.1) is 0 Å². The highest BCUT2D eigenvalue weighted by Gasteiger charge is 2.14. The van der Waals surface area contributed by atoms with Gasteiger partial charge in [0.05, 0.1) is 7.11 Å². The van der Waals surface area contributed by atoms with Crippen molar-refractivity contribution in [2.24, 2.45) is 0 Å². The van der Waals surface area contributed by atoms with Gasteiger partial charge < -0.3 is 10.1 Å². The number of esters is 1. The molecule has 1 atom stereocenters. The van der Waals surface area contributed by atoms with E-state index in [-0.39, 0.29) is 0 Å². The van der Waals surface area contributed by atoms with Crippen LogP contribution in [0.4, 0.5) is 0 Å². The highest BCUT2D eigenvalue weighted by atomic mass is 79.9. The topological polar surface area (TPSA) is 55.4 Å². The number of nitrogens with one attached hydrogen (secondary N) is 1. The summed E-state index contributed by atoms with van der Waals surface area (Å²) in [6, 6.07) is 5.83. The molecule has 1 aromatic rings. The lowest BCUT2D eigenvalue weighted by molar-refractivity contribution is -0.144. The van der Waals surface area contributed by atoms with E-state index in [9.17, 15) is 9.59 Å². The second-order valence-electron chi connectivity index (χ2n) is 4.73. The first-order valence-electron chi connectivity index (χ1n) is 7.37. The van der Waals surface area contributed by atoms with E-state index in [1.54, 1.807) is 6.92 Å². The predicted molar refractivity (Wildman–Crippen MR) is 94.9 cm³/mol. The maximum Gasteiger partial charge on any atom is 0.328 e. The third kappa shape index (κ3) is 11.3. The molecule has 0 radical (unpaired) electrons. The van der Waals surface area contributed by atoms with Crippen LogP contribution in [0.5, 0.6) is 0 Å². The largest absolute Gasteiger partial charge is 0.467 e. The minimum Gasteiger partial charge on any atom is -0.467 e. The maximum absolute atomic E-state index is 10.7. The molecule has 22 heavy (non-hydrogen) atoms. The molecule has 1 N–H and O–H groups in total. The van der Waals surface area contributed by atoms with E-state index in [1.165, 1.54) is 29.1 Å². The monoisotopic (exact) mass is 373 g/mol. The van der Waals surface area contributed by atoms with Gasteiger partial charge in [-0.3, -0.25) is 4.79 Å². The fourth-order valence-electron chi connectivity index (χ4n) is 1.37. The van der Waals surface area contributed by atoms with Crippen LogP contribution in [-0.4, -0.2) is 25.5 Å². The maximum atomic E-state index is 10.7. The van der Waals surface area contributed by atoms with Gasteiger partial charge in [-0.05, 0) is 31.9 Å². The SMILES string of the molecule is CCC.CC[C@H](NC=O)C(=O)OC.Cc1ccc(Br)c(C)c1.